The Morgan fingerprint density at radius 3 is 2.36 bits per heavy atom. The second kappa shape index (κ2) is 8.73. The zero-order chi connectivity index (χ0) is 15.9. The Balaban J connectivity index is 1.85. The summed E-state index contributed by atoms with van der Waals surface area (Å²) in [5, 5.41) is 12.3. The summed E-state index contributed by atoms with van der Waals surface area (Å²) in [7, 11) is 0. The second-order valence-corrected chi connectivity index (χ2v) is 7.10. The summed E-state index contributed by atoms with van der Waals surface area (Å²) >= 11 is 0. The van der Waals surface area contributed by atoms with E-state index >= 15 is 0 Å². The second-order valence-electron chi connectivity index (χ2n) is 7.10. The quantitative estimate of drug-likeness (QED) is 0.756. The minimum Gasteiger partial charge on any atom is -0.395 e. The lowest BCUT2D eigenvalue weighted by molar-refractivity contribution is 0.145. The fourth-order valence-electron chi connectivity index (χ4n) is 3.45. The number of nitrogens with zero attached hydrogens (tertiary/aromatic N) is 2. The molecule has 1 aliphatic heterocycles. The number of carbonyl (C=O) groups is 1. The van der Waals surface area contributed by atoms with Gasteiger partial charge in [0.15, 0.2) is 0 Å². The third kappa shape index (κ3) is 5.13. The molecule has 5 nitrogen and oxygen atoms in total. The Bertz CT molecular complexity index is 337. The van der Waals surface area contributed by atoms with Crippen LogP contribution in [0.4, 0.5) is 4.79 Å². The van der Waals surface area contributed by atoms with Crippen molar-refractivity contribution in [1.82, 2.24) is 15.1 Å². The van der Waals surface area contributed by atoms with Crippen LogP contribution in [-0.2, 0) is 0 Å². The van der Waals surface area contributed by atoms with Gasteiger partial charge in [-0.1, -0.05) is 26.7 Å². The van der Waals surface area contributed by atoms with Gasteiger partial charge in [-0.2, -0.15) is 0 Å². The number of amides is 2. The molecule has 1 saturated carbocycles. The molecule has 22 heavy (non-hydrogen) atoms. The first kappa shape index (κ1) is 17.5. The van der Waals surface area contributed by atoms with Crippen molar-refractivity contribution in [2.75, 3.05) is 32.8 Å². The summed E-state index contributed by atoms with van der Waals surface area (Å²) in [4.78, 5) is 16.7. The predicted octanol–water partition coefficient (Wildman–Crippen LogP) is 2.05. The van der Waals surface area contributed by atoms with E-state index < -0.39 is 0 Å². The first-order valence-corrected chi connectivity index (χ1v) is 9.03. The van der Waals surface area contributed by atoms with Crippen LogP contribution in [-0.4, -0.2) is 65.8 Å². The standard InChI is InChI=1S/C17H33N3O2/c1-14(2)16(19-9-5-3-4-6-10-19)13-18-17(22)20(11-12-21)15-7-8-15/h14-16,21H,3-13H2,1-2H3,(H,18,22). The van der Waals surface area contributed by atoms with Crippen molar-refractivity contribution in [2.45, 2.75) is 64.5 Å². The monoisotopic (exact) mass is 311 g/mol. The van der Waals surface area contributed by atoms with Gasteiger partial charge in [-0.3, -0.25) is 4.90 Å². The number of carbonyl (C=O) groups excluding carboxylic acids is 1. The average molecular weight is 311 g/mol. The van der Waals surface area contributed by atoms with Crippen LogP contribution in [0.25, 0.3) is 0 Å². The van der Waals surface area contributed by atoms with Crippen LogP contribution in [0.15, 0.2) is 0 Å². The average Bonchev–Trinajstić information content (AvgIpc) is 3.31. The first-order chi connectivity index (χ1) is 10.6. The molecule has 2 fully saturated rings. The van der Waals surface area contributed by atoms with Crippen LogP contribution >= 0.6 is 0 Å². The molecule has 2 N–H and O–H groups in total. The summed E-state index contributed by atoms with van der Waals surface area (Å²) < 4.78 is 0. The molecule has 1 saturated heterocycles. The van der Waals surface area contributed by atoms with Crippen LogP contribution in [0, 0.1) is 5.92 Å². The number of aliphatic hydroxyl groups excluding tert-OH is 1. The number of urea groups is 1. The lowest BCUT2D eigenvalue weighted by Crippen LogP contribution is -2.51. The highest BCUT2D eigenvalue weighted by Crippen LogP contribution is 2.26. The van der Waals surface area contributed by atoms with E-state index in [0.717, 1.165) is 25.9 Å². The van der Waals surface area contributed by atoms with Crippen LogP contribution in [0.3, 0.4) is 0 Å². The topological polar surface area (TPSA) is 55.8 Å². The molecule has 2 amide bonds. The maximum Gasteiger partial charge on any atom is 0.317 e. The first-order valence-electron chi connectivity index (χ1n) is 9.03. The van der Waals surface area contributed by atoms with Gasteiger partial charge < -0.3 is 15.3 Å². The number of rotatable bonds is 7. The van der Waals surface area contributed by atoms with Gasteiger partial charge in [-0.25, -0.2) is 4.79 Å². The van der Waals surface area contributed by atoms with E-state index in [1.165, 1.54) is 25.7 Å². The zero-order valence-electron chi connectivity index (χ0n) is 14.3. The van der Waals surface area contributed by atoms with Crippen molar-refractivity contribution in [3.05, 3.63) is 0 Å². The SMILES string of the molecule is CC(C)C(CNC(=O)N(CCO)C1CC1)N1CCCCCC1. The van der Waals surface area contributed by atoms with Gasteiger partial charge >= 0.3 is 6.03 Å². The maximum atomic E-state index is 12.4. The predicted molar refractivity (Wildman–Crippen MR) is 88.9 cm³/mol. The van der Waals surface area contributed by atoms with Crippen molar-refractivity contribution in [2.24, 2.45) is 5.92 Å². The molecule has 5 heteroatoms. The van der Waals surface area contributed by atoms with E-state index in [1.54, 1.807) is 4.90 Å². The van der Waals surface area contributed by atoms with Crippen LogP contribution in [0.1, 0.15) is 52.4 Å². The fraction of sp³-hybridized carbons (Fsp3) is 0.941. The summed E-state index contributed by atoms with van der Waals surface area (Å²) in [5.74, 6) is 0.533. The molecular formula is C17H33N3O2. The molecule has 1 aliphatic carbocycles. The summed E-state index contributed by atoms with van der Waals surface area (Å²) in [6.45, 7) is 8.01. The highest BCUT2D eigenvalue weighted by atomic mass is 16.3. The molecule has 0 aromatic carbocycles. The van der Waals surface area contributed by atoms with E-state index in [0.29, 0.717) is 31.1 Å². The lowest BCUT2D eigenvalue weighted by atomic mass is 10.0. The molecule has 0 aromatic heterocycles. The maximum absolute atomic E-state index is 12.4. The van der Waals surface area contributed by atoms with Crippen LogP contribution in [0.2, 0.25) is 0 Å². The molecule has 2 aliphatic rings. The Hall–Kier alpha value is -0.810. The Morgan fingerprint density at radius 1 is 1.23 bits per heavy atom. The molecule has 0 spiro atoms. The Labute approximate surface area is 135 Å². The molecule has 128 valence electrons. The molecule has 2 rings (SSSR count). The van der Waals surface area contributed by atoms with Gasteiger partial charge in [0.25, 0.3) is 0 Å². The number of aliphatic hydroxyl groups is 1. The van der Waals surface area contributed by atoms with E-state index in [9.17, 15) is 4.79 Å². The van der Waals surface area contributed by atoms with Gasteiger partial charge in [0.05, 0.1) is 6.61 Å². The lowest BCUT2D eigenvalue weighted by Gasteiger charge is -2.34. The molecular weight excluding hydrogens is 278 g/mol. The third-order valence-corrected chi connectivity index (χ3v) is 4.93. The van der Waals surface area contributed by atoms with Crippen molar-refractivity contribution in [3.63, 3.8) is 0 Å². The summed E-state index contributed by atoms with van der Waals surface area (Å²) in [6, 6.07) is 0.761. The highest BCUT2D eigenvalue weighted by Gasteiger charge is 2.32. The van der Waals surface area contributed by atoms with Crippen LogP contribution in [0.5, 0.6) is 0 Å². The zero-order valence-corrected chi connectivity index (χ0v) is 14.3. The molecule has 1 unspecified atom stereocenters. The van der Waals surface area contributed by atoms with E-state index in [1.807, 2.05) is 0 Å². The van der Waals surface area contributed by atoms with E-state index in [4.69, 9.17) is 5.11 Å². The van der Waals surface area contributed by atoms with Gasteiger partial charge in [-0.05, 0) is 44.7 Å². The third-order valence-electron chi connectivity index (χ3n) is 4.93. The van der Waals surface area contributed by atoms with E-state index in [-0.39, 0.29) is 12.6 Å². The molecule has 1 heterocycles. The van der Waals surface area contributed by atoms with Gasteiger partial charge in [0.2, 0.25) is 0 Å². The largest absolute Gasteiger partial charge is 0.395 e. The fourth-order valence-corrected chi connectivity index (χ4v) is 3.45. The molecule has 0 bridgehead atoms. The molecule has 0 radical (unpaired) electrons. The minimum absolute atomic E-state index is 0.00276. The Morgan fingerprint density at radius 2 is 1.86 bits per heavy atom. The van der Waals surface area contributed by atoms with Crippen molar-refractivity contribution in [1.29, 1.82) is 0 Å². The summed E-state index contributed by atoms with van der Waals surface area (Å²) in [5.41, 5.74) is 0. The number of likely N-dealkylation sites (tertiary alicyclic amines) is 1. The molecule has 1 atom stereocenters. The Kier molecular flexibility index (Phi) is 6.96. The summed E-state index contributed by atoms with van der Waals surface area (Å²) in [6.07, 6.45) is 7.37. The van der Waals surface area contributed by atoms with E-state index in [2.05, 4.69) is 24.1 Å². The van der Waals surface area contributed by atoms with Crippen molar-refractivity contribution >= 4 is 6.03 Å². The number of hydrogen-bond donors (Lipinski definition) is 2. The van der Waals surface area contributed by atoms with Gasteiger partial charge in [0, 0.05) is 25.2 Å². The highest BCUT2D eigenvalue weighted by molar-refractivity contribution is 5.75. The van der Waals surface area contributed by atoms with Crippen molar-refractivity contribution < 1.29 is 9.90 Å². The van der Waals surface area contributed by atoms with Gasteiger partial charge in [-0.15, -0.1) is 0 Å². The molecule has 0 aromatic rings. The number of hydrogen-bond acceptors (Lipinski definition) is 3. The van der Waals surface area contributed by atoms with Gasteiger partial charge in [0.1, 0.15) is 0 Å². The smallest absolute Gasteiger partial charge is 0.317 e. The number of nitrogens with one attached hydrogen (secondary N) is 1. The van der Waals surface area contributed by atoms with Crippen LogP contribution < -0.4 is 5.32 Å². The minimum atomic E-state index is -0.00276. The van der Waals surface area contributed by atoms with Crippen molar-refractivity contribution in [3.8, 4) is 0 Å². The normalized spacial score (nSPS) is 21.5.